The molecule has 0 aliphatic heterocycles. The van der Waals surface area contributed by atoms with Gasteiger partial charge in [0.1, 0.15) is 5.69 Å². The van der Waals surface area contributed by atoms with Gasteiger partial charge in [-0.1, -0.05) is 30.3 Å². The predicted molar refractivity (Wildman–Crippen MR) is 101 cm³/mol. The van der Waals surface area contributed by atoms with Crippen LogP contribution in [0.3, 0.4) is 0 Å². The zero-order chi connectivity index (χ0) is 18.7. The number of aromatic nitrogens is 1. The van der Waals surface area contributed by atoms with Crippen molar-refractivity contribution in [2.75, 3.05) is 11.9 Å². The van der Waals surface area contributed by atoms with Gasteiger partial charge in [-0.3, -0.25) is 9.59 Å². The van der Waals surface area contributed by atoms with Gasteiger partial charge in [0.25, 0.3) is 5.91 Å². The molecule has 26 heavy (non-hydrogen) atoms. The molecule has 1 amide bonds. The molecule has 3 rings (SSSR count). The first-order valence-electron chi connectivity index (χ1n) is 7.80. The number of rotatable bonds is 5. The van der Waals surface area contributed by atoms with Gasteiger partial charge in [0.05, 0.1) is 10.2 Å². The molecule has 0 fully saturated rings. The van der Waals surface area contributed by atoms with Crippen molar-refractivity contribution >= 4 is 50.2 Å². The van der Waals surface area contributed by atoms with E-state index >= 15 is 0 Å². The first kappa shape index (κ1) is 17.9. The van der Waals surface area contributed by atoms with Crippen LogP contribution >= 0.6 is 15.9 Å². The van der Waals surface area contributed by atoms with Crippen LogP contribution < -0.4 is 5.32 Å². The molecule has 1 heterocycles. The molecule has 7 heteroatoms. The summed E-state index contributed by atoms with van der Waals surface area (Å²) < 4.78 is 5.66. The number of carbonyl (C=O) groups is 3. The molecule has 0 saturated carbocycles. The van der Waals surface area contributed by atoms with Gasteiger partial charge in [-0.05, 0) is 41.1 Å². The summed E-state index contributed by atoms with van der Waals surface area (Å²) in [6.07, 6.45) is 0. The van der Waals surface area contributed by atoms with Crippen molar-refractivity contribution < 1.29 is 19.1 Å². The molecule has 0 bridgehead atoms. The van der Waals surface area contributed by atoms with Crippen LogP contribution in [0.25, 0.3) is 10.9 Å². The van der Waals surface area contributed by atoms with Gasteiger partial charge in [-0.25, -0.2) is 4.79 Å². The molecular formula is C19H15BrN2O4. The minimum atomic E-state index is -0.650. The zero-order valence-corrected chi connectivity index (χ0v) is 15.4. The summed E-state index contributed by atoms with van der Waals surface area (Å²) in [6, 6.07) is 14.0. The van der Waals surface area contributed by atoms with E-state index in [4.69, 9.17) is 4.74 Å². The number of nitrogens with one attached hydrogen (secondary N) is 2. The van der Waals surface area contributed by atoms with Crippen LogP contribution in [0.4, 0.5) is 5.69 Å². The van der Waals surface area contributed by atoms with E-state index in [9.17, 15) is 14.4 Å². The minimum Gasteiger partial charge on any atom is -0.451 e. The Kier molecular flexibility index (Phi) is 5.18. The second kappa shape index (κ2) is 7.53. The number of hydrogen-bond acceptors (Lipinski definition) is 4. The summed E-state index contributed by atoms with van der Waals surface area (Å²) in [5.41, 5.74) is 1.80. The predicted octanol–water partition coefficient (Wildman–Crippen LogP) is 3.93. The normalized spacial score (nSPS) is 10.5. The minimum absolute atomic E-state index is 0.167. The standard InChI is InChI=1S/C19H15BrN2O4/c1-11(23)12-6-2-4-8-14(12)21-16(24)10-26-19(25)18-17(20)13-7-3-5-9-15(13)22-18/h2-9,22H,10H2,1H3,(H,21,24). The fourth-order valence-corrected chi connectivity index (χ4v) is 3.14. The first-order valence-corrected chi connectivity index (χ1v) is 8.60. The lowest BCUT2D eigenvalue weighted by molar-refractivity contribution is -0.119. The van der Waals surface area contributed by atoms with Crippen molar-refractivity contribution in [3.8, 4) is 0 Å². The molecule has 0 aliphatic carbocycles. The highest BCUT2D eigenvalue weighted by atomic mass is 79.9. The Balaban J connectivity index is 1.67. The van der Waals surface area contributed by atoms with Crippen molar-refractivity contribution in [2.45, 2.75) is 6.92 Å². The lowest BCUT2D eigenvalue weighted by atomic mass is 10.1. The summed E-state index contributed by atoms with van der Waals surface area (Å²) >= 11 is 3.37. The van der Waals surface area contributed by atoms with Gasteiger partial charge < -0.3 is 15.0 Å². The average molecular weight is 415 g/mol. The first-order chi connectivity index (χ1) is 12.5. The Morgan fingerprint density at radius 2 is 1.77 bits per heavy atom. The molecule has 0 radical (unpaired) electrons. The monoisotopic (exact) mass is 414 g/mol. The topological polar surface area (TPSA) is 88.3 Å². The molecule has 0 unspecified atom stereocenters. The number of fused-ring (bicyclic) bond motifs is 1. The molecule has 3 aromatic rings. The lowest BCUT2D eigenvalue weighted by Gasteiger charge is -2.09. The molecule has 2 aromatic carbocycles. The summed E-state index contributed by atoms with van der Waals surface area (Å²) in [5, 5.41) is 3.43. The number of benzene rings is 2. The molecule has 6 nitrogen and oxygen atoms in total. The maximum atomic E-state index is 12.2. The smallest absolute Gasteiger partial charge is 0.356 e. The third-order valence-electron chi connectivity index (χ3n) is 3.76. The Labute approximate surface area is 157 Å². The summed E-state index contributed by atoms with van der Waals surface area (Å²) in [6.45, 7) is 0.950. The lowest BCUT2D eigenvalue weighted by Crippen LogP contribution is -2.22. The molecule has 132 valence electrons. The second-order valence-electron chi connectivity index (χ2n) is 5.59. The number of anilines is 1. The van der Waals surface area contributed by atoms with Crippen LogP contribution in [0, 0.1) is 0 Å². The van der Waals surface area contributed by atoms with E-state index in [1.165, 1.54) is 6.92 Å². The van der Waals surface area contributed by atoms with E-state index in [1.54, 1.807) is 24.3 Å². The number of ether oxygens (including phenoxy) is 1. The van der Waals surface area contributed by atoms with Crippen molar-refractivity contribution in [2.24, 2.45) is 0 Å². The van der Waals surface area contributed by atoms with Gasteiger partial charge in [0.2, 0.25) is 0 Å². The van der Waals surface area contributed by atoms with Crippen LogP contribution in [-0.4, -0.2) is 29.3 Å². The molecule has 0 aliphatic rings. The Morgan fingerprint density at radius 1 is 1.08 bits per heavy atom. The molecule has 2 N–H and O–H groups in total. The fraction of sp³-hybridized carbons (Fsp3) is 0.105. The second-order valence-corrected chi connectivity index (χ2v) is 6.38. The third-order valence-corrected chi connectivity index (χ3v) is 4.59. The molecule has 0 atom stereocenters. The number of halogens is 1. The van der Waals surface area contributed by atoms with Crippen molar-refractivity contribution in [1.29, 1.82) is 0 Å². The number of H-pyrrole nitrogens is 1. The van der Waals surface area contributed by atoms with E-state index in [-0.39, 0.29) is 11.5 Å². The third kappa shape index (κ3) is 3.67. The number of carbonyl (C=O) groups excluding carboxylic acids is 3. The van der Waals surface area contributed by atoms with Crippen molar-refractivity contribution in [3.63, 3.8) is 0 Å². The maximum Gasteiger partial charge on any atom is 0.356 e. The van der Waals surface area contributed by atoms with Gasteiger partial charge in [-0.15, -0.1) is 0 Å². The zero-order valence-electron chi connectivity index (χ0n) is 13.8. The fourth-order valence-electron chi connectivity index (χ4n) is 2.54. The molecule has 0 saturated heterocycles. The van der Waals surface area contributed by atoms with E-state index in [1.807, 2.05) is 24.3 Å². The number of ketones is 1. The number of para-hydroxylation sites is 2. The number of esters is 1. The van der Waals surface area contributed by atoms with E-state index in [2.05, 4.69) is 26.2 Å². The number of aromatic amines is 1. The van der Waals surface area contributed by atoms with Gasteiger partial charge in [0.15, 0.2) is 12.4 Å². The molecule has 1 aromatic heterocycles. The summed E-state index contributed by atoms with van der Waals surface area (Å²) in [5.74, 6) is -1.35. The van der Waals surface area contributed by atoms with E-state index < -0.39 is 18.5 Å². The van der Waals surface area contributed by atoms with Gasteiger partial charge >= 0.3 is 5.97 Å². The largest absolute Gasteiger partial charge is 0.451 e. The van der Waals surface area contributed by atoms with Crippen molar-refractivity contribution in [1.82, 2.24) is 4.98 Å². The molecule has 0 spiro atoms. The van der Waals surface area contributed by atoms with Crippen LogP contribution in [0.5, 0.6) is 0 Å². The van der Waals surface area contributed by atoms with Crippen LogP contribution in [0.15, 0.2) is 53.0 Å². The van der Waals surface area contributed by atoms with Gasteiger partial charge in [0, 0.05) is 16.5 Å². The molecular weight excluding hydrogens is 400 g/mol. The number of hydrogen-bond donors (Lipinski definition) is 2. The van der Waals surface area contributed by atoms with Crippen LogP contribution in [-0.2, 0) is 9.53 Å². The highest BCUT2D eigenvalue weighted by molar-refractivity contribution is 9.10. The SMILES string of the molecule is CC(=O)c1ccccc1NC(=O)COC(=O)c1[nH]c2ccccc2c1Br. The van der Waals surface area contributed by atoms with Gasteiger partial charge in [-0.2, -0.15) is 0 Å². The summed E-state index contributed by atoms with van der Waals surface area (Å²) in [7, 11) is 0. The highest BCUT2D eigenvalue weighted by Crippen LogP contribution is 2.28. The number of Topliss-reactive ketones (excluding diaryl/α,β-unsaturated/α-hetero) is 1. The average Bonchev–Trinajstić information content (AvgIpc) is 2.97. The van der Waals surface area contributed by atoms with E-state index in [0.29, 0.717) is 15.7 Å². The number of amides is 1. The Hall–Kier alpha value is -2.93. The highest BCUT2D eigenvalue weighted by Gasteiger charge is 2.18. The van der Waals surface area contributed by atoms with E-state index in [0.717, 1.165) is 10.9 Å². The summed E-state index contributed by atoms with van der Waals surface area (Å²) in [4.78, 5) is 38.8. The maximum absolute atomic E-state index is 12.2. The van der Waals surface area contributed by atoms with Crippen LogP contribution in [0.1, 0.15) is 27.8 Å². The van der Waals surface area contributed by atoms with Crippen molar-refractivity contribution in [3.05, 3.63) is 64.3 Å². The quantitative estimate of drug-likeness (QED) is 0.488. The Morgan fingerprint density at radius 3 is 2.50 bits per heavy atom. The van der Waals surface area contributed by atoms with Crippen LogP contribution in [0.2, 0.25) is 0 Å². The Bertz CT molecular complexity index is 1010.